The van der Waals surface area contributed by atoms with Gasteiger partial charge in [0.25, 0.3) is 0 Å². The summed E-state index contributed by atoms with van der Waals surface area (Å²) < 4.78 is 0. The zero-order valence-corrected chi connectivity index (χ0v) is 8.50. The second-order valence-corrected chi connectivity index (χ2v) is 3.49. The maximum Gasteiger partial charge on any atom is 0.320 e. The van der Waals surface area contributed by atoms with Gasteiger partial charge < -0.3 is 10.8 Å². The summed E-state index contributed by atoms with van der Waals surface area (Å²) in [4.78, 5) is 18.8. The average molecular weight is 217 g/mol. The molecule has 0 spiro atoms. The van der Waals surface area contributed by atoms with Crippen LogP contribution in [0.4, 0.5) is 0 Å². The minimum atomic E-state index is -1.03. The number of carbonyl (C=O) groups is 1. The van der Waals surface area contributed by atoms with E-state index in [1.54, 1.807) is 0 Å². The molecule has 0 saturated heterocycles. The fourth-order valence-electron chi connectivity index (χ4n) is 1.52. The van der Waals surface area contributed by atoms with Gasteiger partial charge in [0.15, 0.2) is 0 Å². The van der Waals surface area contributed by atoms with Crippen LogP contribution in [0.3, 0.4) is 0 Å². The van der Waals surface area contributed by atoms with Gasteiger partial charge in [0.1, 0.15) is 12.4 Å². The van der Waals surface area contributed by atoms with E-state index in [0.29, 0.717) is 5.69 Å². The molecular weight excluding hydrogens is 206 g/mol. The lowest BCUT2D eigenvalue weighted by Gasteiger charge is -2.07. The third kappa shape index (κ3) is 1.99. The van der Waals surface area contributed by atoms with Crippen LogP contribution in [0.1, 0.15) is 5.69 Å². The van der Waals surface area contributed by atoms with Crippen LogP contribution in [0.25, 0.3) is 10.9 Å². The Hall–Kier alpha value is -2.01. The number of carboxylic acid groups (broad SMARTS) is 1. The summed E-state index contributed by atoms with van der Waals surface area (Å²) in [6, 6.07) is 6.52. The van der Waals surface area contributed by atoms with Crippen LogP contribution in [-0.4, -0.2) is 27.1 Å². The zero-order valence-electron chi connectivity index (χ0n) is 8.50. The molecule has 3 N–H and O–H groups in total. The van der Waals surface area contributed by atoms with Gasteiger partial charge in [-0.25, -0.2) is 9.97 Å². The molecule has 0 fully saturated rings. The first kappa shape index (κ1) is 10.5. The number of para-hydroxylation sites is 1. The van der Waals surface area contributed by atoms with Crippen molar-refractivity contribution in [3.05, 3.63) is 36.3 Å². The van der Waals surface area contributed by atoms with Crippen LogP contribution in [0, 0.1) is 0 Å². The Morgan fingerprint density at radius 2 is 2.12 bits per heavy atom. The van der Waals surface area contributed by atoms with Gasteiger partial charge >= 0.3 is 5.97 Å². The maximum atomic E-state index is 10.7. The van der Waals surface area contributed by atoms with E-state index in [9.17, 15) is 4.79 Å². The Balaban J connectivity index is 2.41. The molecule has 2 aromatic rings. The molecule has 82 valence electrons. The SMILES string of the molecule is N[C@H](Cc1ncnc2ccccc12)C(=O)O. The number of hydrogen-bond donors (Lipinski definition) is 2. The number of rotatable bonds is 3. The first-order valence-corrected chi connectivity index (χ1v) is 4.85. The summed E-state index contributed by atoms with van der Waals surface area (Å²) in [7, 11) is 0. The smallest absolute Gasteiger partial charge is 0.320 e. The first-order chi connectivity index (χ1) is 7.68. The van der Waals surface area contributed by atoms with Crippen LogP contribution in [0.15, 0.2) is 30.6 Å². The quantitative estimate of drug-likeness (QED) is 0.785. The predicted octanol–water partition coefficient (Wildman–Crippen LogP) is 0.584. The Morgan fingerprint density at radius 3 is 2.88 bits per heavy atom. The lowest BCUT2D eigenvalue weighted by atomic mass is 10.1. The van der Waals surface area contributed by atoms with Gasteiger partial charge in [-0.1, -0.05) is 18.2 Å². The molecule has 0 saturated carbocycles. The number of aliphatic carboxylic acids is 1. The number of hydrogen-bond acceptors (Lipinski definition) is 4. The molecule has 1 aromatic heterocycles. The third-order valence-corrected chi connectivity index (χ3v) is 2.36. The second-order valence-electron chi connectivity index (χ2n) is 3.49. The molecule has 0 aliphatic rings. The van der Waals surface area contributed by atoms with Gasteiger partial charge in [0.05, 0.1) is 11.2 Å². The van der Waals surface area contributed by atoms with E-state index < -0.39 is 12.0 Å². The minimum absolute atomic E-state index is 0.207. The number of nitrogens with zero attached hydrogens (tertiary/aromatic N) is 2. The van der Waals surface area contributed by atoms with Crippen molar-refractivity contribution in [3.63, 3.8) is 0 Å². The monoisotopic (exact) mass is 217 g/mol. The minimum Gasteiger partial charge on any atom is -0.480 e. The molecule has 0 bridgehead atoms. The summed E-state index contributed by atoms with van der Waals surface area (Å²) >= 11 is 0. The molecule has 5 heteroatoms. The molecule has 1 heterocycles. The summed E-state index contributed by atoms with van der Waals surface area (Å²) in [5, 5.41) is 9.60. The number of aromatic nitrogens is 2. The van der Waals surface area contributed by atoms with Gasteiger partial charge in [-0.15, -0.1) is 0 Å². The first-order valence-electron chi connectivity index (χ1n) is 4.85. The van der Waals surface area contributed by atoms with Gasteiger partial charge in [-0.05, 0) is 6.07 Å². The molecule has 0 aliphatic carbocycles. The topological polar surface area (TPSA) is 89.1 Å². The van der Waals surface area contributed by atoms with E-state index in [1.807, 2.05) is 24.3 Å². The number of nitrogens with two attached hydrogens (primary N) is 1. The highest BCUT2D eigenvalue weighted by atomic mass is 16.4. The van der Waals surface area contributed by atoms with Crippen molar-refractivity contribution in [2.75, 3.05) is 0 Å². The summed E-state index contributed by atoms with van der Waals surface area (Å²) in [5.74, 6) is -1.03. The Labute approximate surface area is 91.9 Å². The molecule has 0 unspecified atom stereocenters. The van der Waals surface area contributed by atoms with E-state index >= 15 is 0 Å². The van der Waals surface area contributed by atoms with Crippen molar-refractivity contribution in [1.29, 1.82) is 0 Å². The van der Waals surface area contributed by atoms with E-state index in [1.165, 1.54) is 6.33 Å². The lowest BCUT2D eigenvalue weighted by Crippen LogP contribution is -2.32. The number of fused-ring (bicyclic) bond motifs is 1. The molecular formula is C11H11N3O2. The Morgan fingerprint density at radius 1 is 1.38 bits per heavy atom. The zero-order chi connectivity index (χ0) is 11.5. The van der Waals surface area contributed by atoms with Crippen molar-refractivity contribution in [2.24, 2.45) is 5.73 Å². The fraction of sp³-hybridized carbons (Fsp3) is 0.182. The van der Waals surface area contributed by atoms with Gasteiger partial charge in [-0.3, -0.25) is 4.79 Å². The third-order valence-electron chi connectivity index (χ3n) is 2.36. The summed E-state index contributed by atoms with van der Waals surface area (Å²) in [6.45, 7) is 0. The van der Waals surface area contributed by atoms with E-state index in [-0.39, 0.29) is 6.42 Å². The number of benzene rings is 1. The van der Waals surface area contributed by atoms with E-state index in [0.717, 1.165) is 10.9 Å². The predicted molar refractivity (Wildman–Crippen MR) is 58.9 cm³/mol. The van der Waals surface area contributed by atoms with E-state index in [2.05, 4.69) is 9.97 Å². The van der Waals surface area contributed by atoms with Gasteiger partial charge in [0.2, 0.25) is 0 Å². The number of carboxylic acids is 1. The highest BCUT2D eigenvalue weighted by molar-refractivity contribution is 5.81. The van der Waals surface area contributed by atoms with Gasteiger partial charge in [-0.2, -0.15) is 0 Å². The van der Waals surface area contributed by atoms with Crippen molar-refractivity contribution in [1.82, 2.24) is 9.97 Å². The summed E-state index contributed by atoms with van der Waals surface area (Å²) in [6.07, 6.45) is 1.63. The fourth-order valence-corrected chi connectivity index (χ4v) is 1.52. The van der Waals surface area contributed by atoms with Crippen molar-refractivity contribution < 1.29 is 9.90 Å². The molecule has 5 nitrogen and oxygen atoms in total. The van der Waals surface area contributed by atoms with Crippen molar-refractivity contribution in [3.8, 4) is 0 Å². The van der Waals surface area contributed by atoms with Crippen molar-refractivity contribution >= 4 is 16.9 Å². The maximum absolute atomic E-state index is 10.7. The highest BCUT2D eigenvalue weighted by Gasteiger charge is 2.14. The molecule has 0 amide bonds. The molecule has 2 rings (SSSR count). The molecule has 1 atom stereocenters. The second kappa shape index (κ2) is 4.24. The van der Waals surface area contributed by atoms with Gasteiger partial charge in [0, 0.05) is 11.8 Å². The van der Waals surface area contributed by atoms with Crippen LogP contribution in [0.2, 0.25) is 0 Å². The normalized spacial score (nSPS) is 12.6. The van der Waals surface area contributed by atoms with E-state index in [4.69, 9.17) is 10.8 Å². The molecule has 1 aromatic carbocycles. The standard InChI is InChI=1S/C11H11N3O2/c12-8(11(15)16)5-10-7-3-1-2-4-9(7)13-6-14-10/h1-4,6,8H,5,12H2,(H,15,16)/t8-/m1/s1. The Bertz CT molecular complexity index is 522. The van der Waals surface area contributed by atoms with Crippen LogP contribution in [-0.2, 0) is 11.2 Å². The largest absolute Gasteiger partial charge is 0.480 e. The highest BCUT2D eigenvalue weighted by Crippen LogP contribution is 2.14. The lowest BCUT2D eigenvalue weighted by molar-refractivity contribution is -0.138. The molecule has 0 aliphatic heterocycles. The van der Waals surface area contributed by atoms with Crippen LogP contribution in [0.5, 0.6) is 0 Å². The molecule has 0 radical (unpaired) electrons. The van der Waals surface area contributed by atoms with Crippen LogP contribution < -0.4 is 5.73 Å². The van der Waals surface area contributed by atoms with Crippen molar-refractivity contribution in [2.45, 2.75) is 12.5 Å². The molecule has 16 heavy (non-hydrogen) atoms. The van der Waals surface area contributed by atoms with Crippen LogP contribution >= 0.6 is 0 Å². The average Bonchev–Trinajstić information content (AvgIpc) is 2.29. The Kier molecular flexibility index (Phi) is 2.78. The summed E-state index contributed by atoms with van der Waals surface area (Å²) in [5.41, 5.74) is 6.94.